The molecule has 0 aromatic rings. The van der Waals surface area contributed by atoms with Gasteiger partial charge in [-0.15, -0.1) is 0 Å². The zero-order valence-corrected chi connectivity index (χ0v) is 14.7. The molecule has 20 heavy (non-hydrogen) atoms. The predicted octanol–water partition coefficient (Wildman–Crippen LogP) is 6.52. The van der Waals surface area contributed by atoms with Crippen molar-refractivity contribution in [2.24, 2.45) is 23.7 Å². The minimum absolute atomic E-state index is 0.382. The van der Waals surface area contributed by atoms with Crippen LogP contribution in [0.25, 0.3) is 0 Å². The number of aliphatic hydroxyl groups is 1. The molecule has 0 fully saturated rings. The Bertz CT molecular complexity index is 308. The van der Waals surface area contributed by atoms with Crippen molar-refractivity contribution in [2.75, 3.05) is 0 Å². The van der Waals surface area contributed by atoms with Gasteiger partial charge < -0.3 is 5.11 Å². The van der Waals surface area contributed by atoms with Crippen LogP contribution in [0.1, 0.15) is 74.1 Å². The lowest BCUT2D eigenvalue weighted by atomic mass is 9.83. The fourth-order valence-corrected chi connectivity index (χ4v) is 2.32. The normalized spacial score (nSPS) is 18.2. The number of rotatable bonds is 9. The second-order valence-electron chi connectivity index (χ2n) is 7.12. The Kier molecular flexibility index (Phi) is 9.71. The van der Waals surface area contributed by atoms with Gasteiger partial charge >= 0.3 is 0 Å². The van der Waals surface area contributed by atoms with Crippen molar-refractivity contribution in [1.82, 2.24) is 0 Å². The minimum atomic E-state index is 0.382. The van der Waals surface area contributed by atoms with Gasteiger partial charge in [0.2, 0.25) is 0 Å². The Labute approximate surface area is 127 Å². The second kappa shape index (κ2) is 10.1. The molecular formula is C19H36O. The molecule has 0 aliphatic rings. The SMILES string of the molecule is C/C(O)=C\C=C(/C)C(C)CCC(C)C(C)CCC(C)C. The van der Waals surface area contributed by atoms with E-state index in [1.165, 1.54) is 31.3 Å². The molecule has 0 aromatic heterocycles. The highest BCUT2D eigenvalue weighted by atomic mass is 16.3. The van der Waals surface area contributed by atoms with Crippen LogP contribution in [-0.4, -0.2) is 5.11 Å². The Morgan fingerprint density at radius 3 is 1.75 bits per heavy atom. The van der Waals surface area contributed by atoms with E-state index in [4.69, 9.17) is 0 Å². The van der Waals surface area contributed by atoms with Gasteiger partial charge in [-0.2, -0.15) is 0 Å². The molecule has 0 aliphatic heterocycles. The van der Waals surface area contributed by atoms with Crippen LogP contribution >= 0.6 is 0 Å². The van der Waals surface area contributed by atoms with E-state index in [-0.39, 0.29) is 0 Å². The van der Waals surface area contributed by atoms with E-state index in [0.717, 1.165) is 17.8 Å². The fourth-order valence-electron chi connectivity index (χ4n) is 2.32. The Morgan fingerprint density at radius 2 is 1.30 bits per heavy atom. The third-order valence-electron chi connectivity index (χ3n) is 4.59. The van der Waals surface area contributed by atoms with Gasteiger partial charge in [-0.25, -0.2) is 0 Å². The Hall–Kier alpha value is -0.720. The van der Waals surface area contributed by atoms with E-state index in [1.807, 2.05) is 6.08 Å². The van der Waals surface area contributed by atoms with Crippen LogP contribution < -0.4 is 0 Å². The van der Waals surface area contributed by atoms with Gasteiger partial charge in [-0.1, -0.05) is 59.1 Å². The summed E-state index contributed by atoms with van der Waals surface area (Å²) in [6.45, 7) is 15.6. The zero-order chi connectivity index (χ0) is 15.7. The molecular weight excluding hydrogens is 244 g/mol. The largest absolute Gasteiger partial charge is 0.513 e. The summed E-state index contributed by atoms with van der Waals surface area (Å²) < 4.78 is 0. The van der Waals surface area contributed by atoms with Crippen molar-refractivity contribution < 1.29 is 5.11 Å². The van der Waals surface area contributed by atoms with E-state index in [1.54, 1.807) is 13.0 Å². The van der Waals surface area contributed by atoms with E-state index in [9.17, 15) is 5.11 Å². The number of hydrogen-bond donors (Lipinski definition) is 1. The first-order valence-corrected chi connectivity index (χ1v) is 8.28. The molecule has 0 bridgehead atoms. The van der Waals surface area contributed by atoms with Gasteiger partial charge in [0, 0.05) is 0 Å². The molecule has 3 unspecified atom stereocenters. The highest BCUT2D eigenvalue weighted by Gasteiger charge is 2.14. The Balaban J connectivity index is 4.13. The van der Waals surface area contributed by atoms with Crippen LogP contribution in [0.5, 0.6) is 0 Å². The van der Waals surface area contributed by atoms with Crippen LogP contribution in [0.2, 0.25) is 0 Å². The molecule has 1 N–H and O–H groups in total. The van der Waals surface area contributed by atoms with E-state index >= 15 is 0 Å². The lowest BCUT2D eigenvalue weighted by molar-refractivity contribution is 0.305. The van der Waals surface area contributed by atoms with Crippen LogP contribution in [0.3, 0.4) is 0 Å². The van der Waals surface area contributed by atoms with Crippen LogP contribution in [-0.2, 0) is 0 Å². The van der Waals surface area contributed by atoms with E-state index in [2.05, 4.69) is 41.5 Å². The third-order valence-corrected chi connectivity index (χ3v) is 4.59. The first kappa shape index (κ1) is 19.3. The van der Waals surface area contributed by atoms with Crippen LogP contribution in [0.4, 0.5) is 0 Å². The van der Waals surface area contributed by atoms with E-state index in [0.29, 0.717) is 11.7 Å². The summed E-state index contributed by atoms with van der Waals surface area (Å²) in [5, 5.41) is 9.19. The first-order valence-electron chi connectivity index (χ1n) is 8.28. The monoisotopic (exact) mass is 280 g/mol. The molecule has 0 spiro atoms. The number of allylic oxidation sites excluding steroid dienone is 4. The summed E-state index contributed by atoms with van der Waals surface area (Å²) in [6.07, 6.45) is 9.09. The molecule has 3 atom stereocenters. The fraction of sp³-hybridized carbons (Fsp3) is 0.789. The van der Waals surface area contributed by atoms with Crippen LogP contribution in [0, 0.1) is 23.7 Å². The molecule has 0 aromatic carbocycles. The topological polar surface area (TPSA) is 20.2 Å². The van der Waals surface area contributed by atoms with Crippen molar-refractivity contribution in [2.45, 2.75) is 74.1 Å². The van der Waals surface area contributed by atoms with Crippen LogP contribution in [0.15, 0.2) is 23.5 Å². The van der Waals surface area contributed by atoms with Crippen molar-refractivity contribution in [3.63, 3.8) is 0 Å². The molecule has 0 aliphatic carbocycles. The first-order chi connectivity index (χ1) is 9.23. The van der Waals surface area contributed by atoms with Gasteiger partial charge in [0.1, 0.15) is 0 Å². The van der Waals surface area contributed by atoms with Crippen molar-refractivity contribution in [1.29, 1.82) is 0 Å². The lowest BCUT2D eigenvalue weighted by Crippen LogP contribution is -2.11. The molecule has 118 valence electrons. The van der Waals surface area contributed by atoms with E-state index < -0.39 is 0 Å². The van der Waals surface area contributed by atoms with Gasteiger partial charge in [0.15, 0.2) is 0 Å². The molecule has 1 heteroatoms. The summed E-state index contributed by atoms with van der Waals surface area (Å²) in [5.41, 5.74) is 1.36. The molecule has 0 rings (SSSR count). The molecule has 0 saturated heterocycles. The molecule has 0 amide bonds. The van der Waals surface area contributed by atoms with Gasteiger partial charge in [-0.3, -0.25) is 0 Å². The van der Waals surface area contributed by atoms with Gasteiger partial charge in [0.05, 0.1) is 5.76 Å². The maximum atomic E-state index is 9.19. The average molecular weight is 280 g/mol. The summed E-state index contributed by atoms with van der Waals surface area (Å²) in [6, 6.07) is 0. The molecule has 0 heterocycles. The second-order valence-corrected chi connectivity index (χ2v) is 7.12. The Morgan fingerprint density at radius 1 is 0.800 bits per heavy atom. The summed E-state index contributed by atoms with van der Waals surface area (Å²) in [7, 11) is 0. The van der Waals surface area contributed by atoms with Gasteiger partial charge in [0.25, 0.3) is 0 Å². The number of hydrogen-bond acceptors (Lipinski definition) is 1. The maximum Gasteiger partial charge on any atom is 0.0891 e. The highest BCUT2D eigenvalue weighted by Crippen LogP contribution is 2.26. The average Bonchev–Trinajstić information content (AvgIpc) is 2.38. The molecule has 1 nitrogen and oxygen atoms in total. The smallest absolute Gasteiger partial charge is 0.0891 e. The lowest BCUT2D eigenvalue weighted by Gasteiger charge is -2.22. The molecule has 0 saturated carbocycles. The van der Waals surface area contributed by atoms with Crippen molar-refractivity contribution in [3.8, 4) is 0 Å². The minimum Gasteiger partial charge on any atom is -0.513 e. The summed E-state index contributed by atoms with van der Waals surface area (Å²) in [5.74, 6) is 3.44. The summed E-state index contributed by atoms with van der Waals surface area (Å²) in [4.78, 5) is 0. The standard InChI is InChI=1S/C19H36O/c1-14(2)8-9-15(3)16(4)10-11-17(5)18(6)12-13-19(7)20/h12-17,20H,8-11H2,1-7H3/b18-12+,19-13+. The third kappa shape index (κ3) is 9.23. The highest BCUT2D eigenvalue weighted by molar-refractivity contribution is 5.13. The van der Waals surface area contributed by atoms with Gasteiger partial charge in [-0.05, 0) is 56.4 Å². The predicted molar refractivity (Wildman–Crippen MR) is 90.9 cm³/mol. The van der Waals surface area contributed by atoms with Crippen molar-refractivity contribution in [3.05, 3.63) is 23.5 Å². The quantitative estimate of drug-likeness (QED) is 0.376. The zero-order valence-electron chi connectivity index (χ0n) is 14.7. The number of aliphatic hydroxyl groups excluding tert-OH is 1. The summed E-state index contributed by atoms with van der Waals surface area (Å²) >= 11 is 0. The van der Waals surface area contributed by atoms with Crippen molar-refractivity contribution >= 4 is 0 Å². The maximum absolute atomic E-state index is 9.19. The molecule has 0 radical (unpaired) electrons.